The number of rotatable bonds is 3. The number of hydrogen-bond donors (Lipinski definition) is 1. The molecular weight excluding hydrogens is 394 g/mol. The van der Waals surface area contributed by atoms with Crippen LogP contribution in [0.25, 0.3) is 0 Å². The van der Waals surface area contributed by atoms with Crippen LogP contribution in [-0.4, -0.2) is 11.4 Å². The van der Waals surface area contributed by atoms with Crippen LogP contribution in [0.2, 0.25) is 0 Å². The summed E-state index contributed by atoms with van der Waals surface area (Å²) in [7, 11) is 0. The van der Waals surface area contributed by atoms with Gasteiger partial charge in [-0.3, -0.25) is 4.79 Å². The van der Waals surface area contributed by atoms with Gasteiger partial charge in [0.25, 0.3) is 5.56 Å². The Hall–Kier alpha value is -4.18. The van der Waals surface area contributed by atoms with Gasteiger partial charge in [-0.25, -0.2) is 0 Å². The Labute approximate surface area is 178 Å². The van der Waals surface area contributed by atoms with Gasteiger partial charge in [-0.05, 0) is 30.2 Å². The van der Waals surface area contributed by atoms with Crippen LogP contribution in [0, 0.1) is 18.3 Å². The fraction of sp³-hybridized carbons (Fsp3) is 0.167. The van der Waals surface area contributed by atoms with Crippen molar-refractivity contribution in [3.63, 3.8) is 0 Å². The summed E-state index contributed by atoms with van der Waals surface area (Å²) in [6, 6.07) is 18.9. The average Bonchev–Trinajstić information content (AvgIpc) is 3.24. The number of aryl methyl sites for hydroxylation is 1. The number of pyridine rings is 1. The van der Waals surface area contributed by atoms with E-state index in [1.54, 1.807) is 10.6 Å². The third-order valence-corrected chi connectivity index (χ3v) is 5.60. The highest BCUT2D eigenvalue weighted by Crippen LogP contribution is 2.40. The minimum Gasteiger partial charge on any atom is -0.454 e. The Morgan fingerprint density at radius 2 is 1.87 bits per heavy atom. The van der Waals surface area contributed by atoms with E-state index in [2.05, 4.69) is 6.07 Å². The van der Waals surface area contributed by atoms with Gasteiger partial charge in [0.1, 0.15) is 17.4 Å². The van der Waals surface area contributed by atoms with Crippen molar-refractivity contribution in [3.8, 4) is 23.3 Å². The number of nitrogens with two attached hydrogens (primary N) is 1. The Balaban J connectivity index is 1.65. The minimum absolute atomic E-state index is 0.0242. The van der Waals surface area contributed by atoms with Gasteiger partial charge in [0, 0.05) is 11.8 Å². The molecule has 1 aromatic heterocycles. The molecule has 0 unspecified atom stereocenters. The fourth-order valence-electron chi connectivity index (χ4n) is 4.08. The molecule has 1 atom stereocenters. The first-order chi connectivity index (χ1) is 15.1. The number of hydrogen-bond acceptors (Lipinski definition) is 6. The molecule has 0 fully saturated rings. The van der Waals surface area contributed by atoms with Crippen molar-refractivity contribution in [1.29, 1.82) is 5.26 Å². The Bertz CT molecular complexity index is 1320. The topological polar surface area (TPSA) is 99.5 Å². The second-order valence-corrected chi connectivity index (χ2v) is 7.48. The van der Waals surface area contributed by atoms with E-state index in [0.29, 0.717) is 29.4 Å². The second kappa shape index (κ2) is 7.26. The van der Waals surface area contributed by atoms with E-state index >= 15 is 0 Å². The lowest BCUT2D eigenvalue weighted by molar-refractivity contribution is 0.174. The van der Waals surface area contributed by atoms with Crippen molar-refractivity contribution in [1.82, 2.24) is 4.57 Å². The molecule has 2 aliphatic rings. The number of allylic oxidation sites excluding steroid dienone is 1. The number of ether oxygens (including phenoxy) is 3. The minimum atomic E-state index is -0.592. The highest BCUT2D eigenvalue weighted by molar-refractivity contribution is 5.55. The zero-order chi connectivity index (χ0) is 21.5. The molecule has 5 rings (SSSR count). The maximum atomic E-state index is 13.7. The molecule has 2 N–H and O–H groups in total. The molecular formula is C24H19N3O4. The largest absolute Gasteiger partial charge is 0.454 e. The lowest BCUT2D eigenvalue weighted by atomic mass is 9.84. The molecule has 0 saturated heterocycles. The van der Waals surface area contributed by atoms with Crippen LogP contribution in [0.3, 0.4) is 0 Å². The number of nitriles is 1. The van der Waals surface area contributed by atoms with Crippen molar-refractivity contribution in [2.75, 3.05) is 6.79 Å². The van der Waals surface area contributed by atoms with Gasteiger partial charge in [-0.15, -0.1) is 0 Å². The summed E-state index contributed by atoms with van der Waals surface area (Å²) in [6.07, 6.45) is 0. The molecule has 0 bridgehead atoms. The van der Waals surface area contributed by atoms with Gasteiger partial charge in [-0.2, -0.15) is 5.26 Å². The fourth-order valence-corrected chi connectivity index (χ4v) is 4.08. The van der Waals surface area contributed by atoms with Gasteiger partial charge < -0.3 is 24.5 Å². The second-order valence-electron chi connectivity index (χ2n) is 7.48. The lowest BCUT2D eigenvalue weighted by Gasteiger charge is -2.27. The highest BCUT2D eigenvalue weighted by atomic mass is 16.7. The lowest BCUT2D eigenvalue weighted by Crippen LogP contribution is -2.33. The van der Waals surface area contributed by atoms with E-state index in [1.165, 1.54) is 0 Å². The van der Waals surface area contributed by atoms with Crippen LogP contribution in [-0.2, 0) is 6.54 Å². The summed E-state index contributed by atoms with van der Waals surface area (Å²) in [5, 5.41) is 9.76. The third-order valence-electron chi connectivity index (χ3n) is 5.60. The quantitative estimate of drug-likeness (QED) is 0.708. The predicted octanol–water partition coefficient (Wildman–Crippen LogP) is 3.15. The summed E-state index contributed by atoms with van der Waals surface area (Å²) in [5.41, 5.74) is 8.89. The van der Waals surface area contributed by atoms with E-state index in [1.807, 2.05) is 55.5 Å². The van der Waals surface area contributed by atoms with Gasteiger partial charge in [0.15, 0.2) is 11.5 Å². The van der Waals surface area contributed by atoms with Crippen LogP contribution < -0.4 is 25.5 Å². The van der Waals surface area contributed by atoms with E-state index < -0.39 is 5.92 Å². The molecule has 31 heavy (non-hydrogen) atoms. The smallest absolute Gasteiger partial charge is 0.259 e. The Kier molecular flexibility index (Phi) is 4.41. The normalized spacial score (nSPS) is 16.5. The van der Waals surface area contributed by atoms with Crippen LogP contribution in [0.4, 0.5) is 0 Å². The third kappa shape index (κ3) is 3.09. The highest BCUT2D eigenvalue weighted by Gasteiger charge is 2.34. The van der Waals surface area contributed by atoms with Crippen molar-refractivity contribution in [2.24, 2.45) is 5.73 Å². The molecule has 0 amide bonds. The average molecular weight is 413 g/mol. The summed E-state index contributed by atoms with van der Waals surface area (Å²) in [5.74, 6) is 1.17. The predicted molar refractivity (Wildman–Crippen MR) is 113 cm³/mol. The van der Waals surface area contributed by atoms with Crippen molar-refractivity contribution < 1.29 is 14.2 Å². The molecule has 7 nitrogen and oxygen atoms in total. The molecule has 0 spiro atoms. The molecule has 0 saturated carbocycles. The maximum Gasteiger partial charge on any atom is 0.259 e. The summed E-state index contributed by atoms with van der Waals surface area (Å²) < 4.78 is 18.2. The first kappa shape index (κ1) is 18.8. The molecule has 2 aliphatic heterocycles. The molecule has 3 heterocycles. The summed E-state index contributed by atoms with van der Waals surface area (Å²) >= 11 is 0. The van der Waals surface area contributed by atoms with Crippen molar-refractivity contribution >= 4 is 0 Å². The van der Waals surface area contributed by atoms with Crippen LogP contribution in [0.5, 0.6) is 17.2 Å². The Morgan fingerprint density at radius 3 is 2.65 bits per heavy atom. The zero-order valence-corrected chi connectivity index (χ0v) is 16.8. The Morgan fingerprint density at radius 1 is 1.10 bits per heavy atom. The van der Waals surface area contributed by atoms with Crippen molar-refractivity contribution in [3.05, 3.63) is 98.8 Å². The summed E-state index contributed by atoms with van der Waals surface area (Å²) in [6.45, 7) is 2.38. The van der Waals surface area contributed by atoms with E-state index in [9.17, 15) is 10.1 Å². The molecule has 0 radical (unpaired) electrons. The molecule has 7 heteroatoms. The van der Waals surface area contributed by atoms with Crippen LogP contribution in [0.1, 0.15) is 28.3 Å². The monoisotopic (exact) mass is 413 g/mol. The van der Waals surface area contributed by atoms with E-state index in [0.717, 1.165) is 16.8 Å². The van der Waals surface area contributed by atoms with Crippen LogP contribution in [0.15, 0.2) is 70.8 Å². The number of aromatic nitrogens is 1. The van der Waals surface area contributed by atoms with Gasteiger partial charge in [0.05, 0.1) is 18.0 Å². The van der Waals surface area contributed by atoms with Gasteiger partial charge in [0.2, 0.25) is 12.7 Å². The number of fused-ring (bicyclic) bond motifs is 2. The number of benzene rings is 2. The molecule has 2 aromatic carbocycles. The first-order valence-electron chi connectivity index (χ1n) is 9.82. The maximum absolute atomic E-state index is 13.7. The SMILES string of the molecule is Cc1cc2c(c(=O)n1Cc1ccc3c(c1)OCO3)[C@H](c1ccccc1)C(C#N)=C(N)O2. The first-order valence-corrected chi connectivity index (χ1v) is 9.82. The van der Waals surface area contributed by atoms with E-state index in [-0.39, 0.29) is 23.8 Å². The van der Waals surface area contributed by atoms with Crippen molar-refractivity contribution in [2.45, 2.75) is 19.4 Å². The zero-order valence-electron chi connectivity index (χ0n) is 16.8. The standard InChI is InChI=1S/C24H19N3O4/c1-14-9-20-22(21(16-5-3-2-4-6-16)17(11-25)23(26)31-20)24(28)27(14)12-15-7-8-18-19(10-15)30-13-29-18/h2-10,21H,12-13,26H2,1H3/t21-/m1/s1. The number of nitrogens with zero attached hydrogens (tertiary/aromatic N) is 2. The molecule has 0 aliphatic carbocycles. The molecule has 154 valence electrons. The van der Waals surface area contributed by atoms with E-state index in [4.69, 9.17) is 19.9 Å². The van der Waals surface area contributed by atoms with Crippen LogP contribution >= 0.6 is 0 Å². The van der Waals surface area contributed by atoms with Gasteiger partial charge in [-0.1, -0.05) is 36.4 Å². The van der Waals surface area contributed by atoms with Gasteiger partial charge >= 0.3 is 0 Å². The molecule has 3 aromatic rings. The summed E-state index contributed by atoms with van der Waals surface area (Å²) in [4.78, 5) is 13.7.